The largest absolute Gasteiger partial charge is 0.139 e. The Labute approximate surface area is 108 Å². The lowest BCUT2D eigenvalue weighted by molar-refractivity contribution is 0.515. The van der Waals surface area contributed by atoms with Crippen molar-refractivity contribution in [2.24, 2.45) is 0 Å². The Morgan fingerprint density at radius 2 is 1.71 bits per heavy atom. The van der Waals surface area contributed by atoms with Crippen LogP contribution < -0.4 is 5.46 Å². The van der Waals surface area contributed by atoms with Crippen molar-refractivity contribution in [1.29, 1.82) is 0 Å². The molecule has 1 unspecified atom stereocenters. The Morgan fingerprint density at radius 3 is 2.35 bits per heavy atom. The highest BCUT2D eigenvalue weighted by Gasteiger charge is 2.10. The predicted octanol–water partition coefficient (Wildman–Crippen LogP) is 3.80. The minimum absolute atomic E-state index is 0.793. The summed E-state index contributed by atoms with van der Waals surface area (Å²) in [6.45, 7) is 4.58. The van der Waals surface area contributed by atoms with Gasteiger partial charge in [0.25, 0.3) is 0 Å². The van der Waals surface area contributed by atoms with E-state index in [1.54, 1.807) is 5.56 Å². The fraction of sp³-hybridized carbons (Fsp3) is 0.625. The molecule has 17 heavy (non-hydrogen) atoms. The predicted molar refractivity (Wildman–Crippen MR) is 81.0 cm³/mol. The van der Waals surface area contributed by atoms with Crippen LogP contribution in [0.4, 0.5) is 0 Å². The molecule has 0 aromatic heterocycles. The van der Waals surface area contributed by atoms with E-state index in [4.69, 9.17) is 0 Å². The van der Waals surface area contributed by atoms with Crippen LogP contribution in [0, 0.1) is 0 Å². The fourth-order valence-corrected chi connectivity index (χ4v) is 2.49. The molecule has 0 radical (unpaired) electrons. The molecule has 1 aromatic rings. The third-order valence-electron chi connectivity index (χ3n) is 3.58. The zero-order valence-corrected chi connectivity index (χ0v) is 11.8. The molecule has 0 saturated heterocycles. The molecule has 0 fully saturated rings. The maximum atomic E-state index is 2.38. The summed E-state index contributed by atoms with van der Waals surface area (Å²) in [6, 6.07) is 9.11. The smallest absolute Gasteiger partial charge is 0.0887 e. The molecule has 1 atom stereocenters. The standard InChI is InChI=1S/C16H27B/c1-3-5-7-10-14(9-6-4-2)15-11-8-12-16(17)13-15/h8,11-14H,3-7,9-10,17H2,1-2H3. The summed E-state index contributed by atoms with van der Waals surface area (Å²) < 4.78 is 0. The molecule has 0 N–H and O–H groups in total. The van der Waals surface area contributed by atoms with Gasteiger partial charge in [0.2, 0.25) is 0 Å². The second kappa shape index (κ2) is 8.39. The van der Waals surface area contributed by atoms with Gasteiger partial charge in [0.15, 0.2) is 0 Å². The van der Waals surface area contributed by atoms with Crippen LogP contribution in [-0.2, 0) is 0 Å². The van der Waals surface area contributed by atoms with Gasteiger partial charge in [-0.3, -0.25) is 0 Å². The van der Waals surface area contributed by atoms with Crippen LogP contribution in [0.3, 0.4) is 0 Å². The van der Waals surface area contributed by atoms with Gasteiger partial charge in [-0.15, -0.1) is 0 Å². The van der Waals surface area contributed by atoms with Gasteiger partial charge in [-0.1, -0.05) is 75.7 Å². The van der Waals surface area contributed by atoms with E-state index in [-0.39, 0.29) is 0 Å². The topological polar surface area (TPSA) is 0 Å². The minimum atomic E-state index is 0.793. The van der Waals surface area contributed by atoms with E-state index >= 15 is 0 Å². The van der Waals surface area contributed by atoms with E-state index in [0.717, 1.165) is 5.92 Å². The first-order chi connectivity index (χ1) is 8.27. The number of hydrogen-bond donors (Lipinski definition) is 0. The second-order valence-corrected chi connectivity index (χ2v) is 5.25. The number of unbranched alkanes of at least 4 members (excludes halogenated alkanes) is 3. The Morgan fingerprint density at radius 1 is 1.00 bits per heavy atom. The number of rotatable bonds is 8. The highest BCUT2D eigenvalue weighted by molar-refractivity contribution is 6.32. The first kappa shape index (κ1) is 14.3. The summed E-state index contributed by atoms with van der Waals surface area (Å²) in [6.07, 6.45) is 9.52. The molecular weight excluding hydrogens is 203 g/mol. The monoisotopic (exact) mass is 230 g/mol. The van der Waals surface area contributed by atoms with Gasteiger partial charge in [0, 0.05) is 0 Å². The van der Waals surface area contributed by atoms with Crippen molar-refractivity contribution in [1.82, 2.24) is 0 Å². The lowest BCUT2D eigenvalue weighted by Gasteiger charge is -2.17. The van der Waals surface area contributed by atoms with Crippen molar-refractivity contribution < 1.29 is 0 Å². The molecule has 1 heteroatoms. The summed E-state index contributed by atoms with van der Waals surface area (Å²) in [7, 11) is 2.20. The van der Waals surface area contributed by atoms with Crippen LogP contribution in [-0.4, -0.2) is 7.85 Å². The molecule has 0 aliphatic carbocycles. The normalized spacial score (nSPS) is 12.6. The molecule has 0 spiro atoms. The van der Waals surface area contributed by atoms with Gasteiger partial charge < -0.3 is 0 Å². The van der Waals surface area contributed by atoms with Crippen molar-refractivity contribution in [3.63, 3.8) is 0 Å². The van der Waals surface area contributed by atoms with E-state index < -0.39 is 0 Å². The van der Waals surface area contributed by atoms with Crippen LogP contribution in [0.1, 0.15) is 70.3 Å². The molecule has 0 saturated carbocycles. The van der Waals surface area contributed by atoms with Gasteiger partial charge in [0.05, 0.1) is 0 Å². The van der Waals surface area contributed by atoms with Crippen LogP contribution in [0.5, 0.6) is 0 Å². The summed E-state index contributed by atoms with van der Waals surface area (Å²) in [5.74, 6) is 0.793. The lowest BCUT2D eigenvalue weighted by atomic mass is 9.85. The molecule has 0 bridgehead atoms. The molecular formula is C16H27B. The third-order valence-corrected chi connectivity index (χ3v) is 3.58. The van der Waals surface area contributed by atoms with Crippen LogP contribution in [0.25, 0.3) is 0 Å². The van der Waals surface area contributed by atoms with Crippen LogP contribution in [0.2, 0.25) is 0 Å². The van der Waals surface area contributed by atoms with Gasteiger partial charge in [0.1, 0.15) is 7.85 Å². The molecule has 1 rings (SSSR count). The Balaban J connectivity index is 2.60. The van der Waals surface area contributed by atoms with Gasteiger partial charge in [-0.25, -0.2) is 0 Å². The fourth-order valence-electron chi connectivity index (χ4n) is 2.49. The van der Waals surface area contributed by atoms with Crippen LogP contribution in [0.15, 0.2) is 24.3 Å². The van der Waals surface area contributed by atoms with E-state index in [1.165, 1.54) is 50.4 Å². The van der Waals surface area contributed by atoms with Crippen molar-refractivity contribution >= 4 is 13.3 Å². The highest BCUT2D eigenvalue weighted by atomic mass is 14.1. The molecule has 0 aliphatic heterocycles. The maximum absolute atomic E-state index is 2.38. The maximum Gasteiger partial charge on any atom is 0.139 e. The molecule has 1 aromatic carbocycles. The first-order valence-electron chi connectivity index (χ1n) is 7.34. The number of benzene rings is 1. The molecule has 94 valence electrons. The summed E-state index contributed by atoms with van der Waals surface area (Å²) in [5, 5.41) is 0. The minimum Gasteiger partial charge on any atom is -0.0887 e. The van der Waals surface area contributed by atoms with Crippen LogP contribution >= 0.6 is 0 Å². The first-order valence-corrected chi connectivity index (χ1v) is 7.34. The highest BCUT2D eigenvalue weighted by Crippen LogP contribution is 2.27. The molecule has 0 nitrogen and oxygen atoms in total. The van der Waals surface area contributed by atoms with E-state index in [1.807, 2.05) is 0 Å². The zero-order chi connectivity index (χ0) is 12.5. The van der Waals surface area contributed by atoms with E-state index in [9.17, 15) is 0 Å². The molecule has 0 amide bonds. The van der Waals surface area contributed by atoms with E-state index in [0.29, 0.717) is 0 Å². The Kier molecular flexibility index (Phi) is 7.08. The number of hydrogen-bond acceptors (Lipinski definition) is 0. The van der Waals surface area contributed by atoms with Gasteiger partial charge in [-0.05, 0) is 24.3 Å². The van der Waals surface area contributed by atoms with Gasteiger partial charge in [-0.2, -0.15) is 0 Å². The molecule has 0 aliphatic rings. The summed E-state index contributed by atoms with van der Waals surface area (Å²) in [5.41, 5.74) is 2.97. The Hall–Kier alpha value is -0.715. The van der Waals surface area contributed by atoms with Crippen molar-refractivity contribution in [2.45, 2.75) is 64.7 Å². The molecule has 0 heterocycles. The van der Waals surface area contributed by atoms with Crippen molar-refractivity contribution in [3.05, 3.63) is 29.8 Å². The van der Waals surface area contributed by atoms with Crippen molar-refractivity contribution in [3.8, 4) is 0 Å². The Bertz CT molecular complexity index is 306. The third kappa shape index (κ3) is 5.43. The van der Waals surface area contributed by atoms with Gasteiger partial charge >= 0.3 is 0 Å². The second-order valence-electron chi connectivity index (χ2n) is 5.25. The zero-order valence-electron chi connectivity index (χ0n) is 11.8. The lowest BCUT2D eigenvalue weighted by Crippen LogP contribution is -2.06. The van der Waals surface area contributed by atoms with E-state index in [2.05, 4.69) is 46.0 Å². The summed E-state index contributed by atoms with van der Waals surface area (Å²) >= 11 is 0. The van der Waals surface area contributed by atoms with Crippen molar-refractivity contribution in [2.75, 3.05) is 0 Å². The average Bonchev–Trinajstić information content (AvgIpc) is 2.33. The average molecular weight is 230 g/mol. The summed E-state index contributed by atoms with van der Waals surface area (Å²) in [4.78, 5) is 0. The quantitative estimate of drug-likeness (QED) is 0.470. The SMILES string of the molecule is Bc1cccc(C(CCCC)CCCCC)c1.